The van der Waals surface area contributed by atoms with Crippen LogP contribution in [0.5, 0.6) is 11.5 Å². The smallest absolute Gasteiger partial charge is 0.250 e. The number of nitrogens with zero attached hydrogens (tertiary/aromatic N) is 3. The summed E-state index contributed by atoms with van der Waals surface area (Å²) in [6, 6.07) is 14.9. The number of rotatable bonds is 9. The quantitative estimate of drug-likeness (QED) is 0.293. The molecule has 0 radical (unpaired) electrons. The number of ether oxygens (including phenoxy) is 1. The number of aromatic hydroxyl groups is 1. The third-order valence-corrected chi connectivity index (χ3v) is 6.79. The van der Waals surface area contributed by atoms with Crippen LogP contribution in [-0.4, -0.2) is 40.3 Å². The summed E-state index contributed by atoms with van der Waals surface area (Å²) in [5.74, 6) is 1.16. The van der Waals surface area contributed by atoms with E-state index in [-0.39, 0.29) is 17.4 Å². The zero-order valence-electron chi connectivity index (χ0n) is 15.4. The SMILES string of the molecule is COc1cc(C=NNC(=O)CSc2nnc(SCc3ccccc3)s2)ccc1O. The van der Waals surface area contributed by atoms with E-state index in [0.29, 0.717) is 11.3 Å². The summed E-state index contributed by atoms with van der Waals surface area (Å²) in [5.41, 5.74) is 4.38. The number of hydrogen-bond donors (Lipinski definition) is 2. The monoisotopic (exact) mass is 446 g/mol. The van der Waals surface area contributed by atoms with Crippen LogP contribution in [0.1, 0.15) is 11.1 Å². The van der Waals surface area contributed by atoms with Gasteiger partial charge in [0.15, 0.2) is 20.2 Å². The zero-order valence-corrected chi connectivity index (χ0v) is 17.9. The van der Waals surface area contributed by atoms with E-state index < -0.39 is 0 Å². The molecule has 0 unspecified atom stereocenters. The van der Waals surface area contributed by atoms with Gasteiger partial charge in [-0.25, -0.2) is 5.43 Å². The molecule has 7 nitrogen and oxygen atoms in total. The van der Waals surface area contributed by atoms with E-state index in [0.717, 1.165) is 14.4 Å². The Labute approximate surface area is 180 Å². The van der Waals surface area contributed by atoms with Gasteiger partial charge in [0.25, 0.3) is 5.91 Å². The van der Waals surface area contributed by atoms with Gasteiger partial charge in [0.05, 0.1) is 19.1 Å². The van der Waals surface area contributed by atoms with E-state index in [2.05, 4.69) is 32.9 Å². The first-order valence-corrected chi connectivity index (χ1v) is 11.2. The molecule has 2 N–H and O–H groups in total. The molecule has 150 valence electrons. The second kappa shape index (κ2) is 10.8. The van der Waals surface area contributed by atoms with Gasteiger partial charge >= 0.3 is 0 Å². The lowest BCUT2D eigenvalue weighted by Crippen LogP contribution is -2.19. The number of hydrogen-bond acceptors (Lipinski definition) is 9. The number of benzene rings is 2. The highest BCUT2D eigenvalue weighted by molar-refractivity contribution is 8.03. The number of hydrazone groups is 1. The van der Waals surface area contributed by atoms with Crippen molar-refractivity contribution in [3.8, 4) is 11.5 Å². The minimum absolute atomic E-state index is 0.0449. The van der Waals surface area contributed by atoms with Crippen molar-refractivity contribution in [3.05, 3.63) is 59.7 Å². The predicted molar refractivity (Wildman–Crippen MR) is 117 cm³/mol. The van der Waals surface area contributed by atoms with Crippen LogP contribution in [0.15, 0.2) is 62.3 Å². The molecule has 0 saturated carbocycles. The molecule has 0 aliphatic carbocycles. The number of amides is 1. The van der Waals surface area contributed by atoms with Gasteiger partial charge in [-0.15, -0.1) is 10.2 Å². The van der Waals surface area contributed by atoms with Crippen LogP contribution < -0.4 is 10.2 Å². The van der Waals surface area contributed by atoms with Crippen molar-refractivity contribution in [3.63, 3.8) is 0 Å². The number of methoxy groups -OCH3 is 1. The molecule has 10 heteroatoms. The minimum Gasteiger partial charge on any atom is -0.504 e. The number of phenols is 1. The topological polar surface area (TPSA) is 96.7 Å². The number of nitrogens with one attached hydrogen (secondary N) is 1. The van der Waals surface area contributed by atoms with Crippen LogP contribution >= 0.6 is 34.9 Å². The molecular formula is C19H18N4O3S3. The molecule has 1 heterocycles. The lowest BCUT2D eigenvalue weighted by Gasteiger charge is -2.03. The summed E-state index contributed by atoms with van der Waals surface area (Å²) in [6.45, 7) is 0. The molecule has 0 aliphatic heterocycles. The average molecular weight is 447 g/mol. The molecule has 0 atom stereocenters. The van der Waals surface area contributed by atoms with E-state index in [1.807, 2.05) is 18.2 Å². The van der Waals surface area contributed by atoms with E-state index in [1.165, 1.54) is 48.1 Å². The summed E-state index contributed by atoms with van der Waals surface area (Å²) in [6.07, 6.45) is 1.48. The Hall–Kier alpha value is -2.56. The molecule has 0 fully saturated rings. The number of carbonyl (C=O) groups is 1. The Morgan fingerprint density at radius 1 is 1.21 bits per heavy atom. The lowest BCUT2D eigenvalue weighted by molar-refractivity contribution is -0.118. The fourth-order valence-corrected chi connectivity index (χ4v) is 4.91. The first-order chi connectivity index (χ1) is 14.1. The Bertz CT molecular complexity index is 980. The first-order valence-electron chi connectivity index (χ1n) is 8.46. The largest absolute Gasteiger partial charge is 0.504 e. The molecule has 0 aliphatic rings. The number of thioether (sulfide) groups is 2. The third-order valence-electron chi connectivity index (χ3n) is 3.53. The highest BCUT2D eigenvalue weighted by atomic mass is 32.2. The molecule has 0 spiro atoms. The van der Waals surface area contributed by atoms with Crippen molar-refractivity contribution >= 4 is 47.0 Å². The maximum absolute atomic E-state index is 11.9. The van der Waals surface area contributed by atoms with Crippen molar-refractivity contribution in [2.75, 3.05) is 12.9 Å². The Morgan fingerprint density at radius 3 is 2.72 bits per heavy atom. The van der Waals surface area contributed by atoms with E-state index >= 15 is 0 Å². The maximum atomic E-state index is 11.9. The summed E-state index contributed by atoms with van der Waals surface area (Å²) in [7, 11) is 1.47. The van der Waals surface area contributed by atoms with Crippen molar-refractivity contribution < 1.29 is 14.6 Å². The fraction of sp³-hybridized carbons (Fsp3) is 0.158. The molecule has 1 aromatic heterocycles. The van der Waals surface area contributed by atoms with Crippen molar-refractivity contribution in [2.45, 2.75) is 14.4 Å². The normalized spacial score (nSPS) is 10.9. The summed E-state index contributed by atoms with van der Waals surface area (Å²) < 4.78 is 6.64. The van der Waals surface area contributed by atoms with E-state index in [4.69, 9.17) is 4.74 Å². The van der Waals surface area contributed by atoms with Crippen molar-refractivity contribution in [2.24, 2.45) is 5.10 Å². The average Bonchev–Trinajstić information content (AvgIpc) is 3.20. The predicted octanol–water partition coefficient (Wildman–Crippen LogP) is 3.79. The summed E-state index contributed by atoms with van der Waals surface area (Å²) >= 11 is 4.41. The van der Waals surface area contributed by atoms with Crippen LogP contribution in [0.25, 0.3) is 0 Å². The van der Waals surface area contributed by atoms with E-state index in [1.54, 1.807) is 23.9 Å². The fourth-order valence-electron chi connectivity index (χ4n) is 2.15. The van der Waals surface area contributed by atoms with Crippen LogP contribution in [0.3, 0.4) is 0 Å². The van der Waals surface area contributed by atoms with Crippen molar-refractivity contribution in [1.29, 1.82) is 0 Å². The standard InChI is InChI=1S/C19H18N4O3S3/c1-26-16-9-14(7-8-15(16)24)10-20-21-17(25)12-28-19-23-22-18(29-19)27-11-13-5-3-2-4-6-13/h2-10,24H,11-12H2,1H3,(H,21,25). The zero-order chi connectivity index (χ0) is 20.5. The molecule has 1 amide bonds. The highest BCUT2D eigenvalue weighted by Crippen LogP contribution is 2.30. The van der Waals surface area contributed by atoms with Gasteiger partial charge in [-0.2, -0.15) is 5.10 Å². The van der Waals surface area contributed by atoms with Gasteiger partial charge in [0.2, 0.25) is 0 Å². The molecule has 2 aromatic carbocycles. The van der Waals surface area contributed by atoms with Crippen LogP contribution in [-0.2, 0) is 10.5 Å². The molecule has 3 aromatic rings. The van der Waals surface area contributed by atoms with Gasteiger partial charge < -0.3 is 9.84 Å². The molecule has 0 saturated heterocycles. The molecule has 3 rings (SSSR count). The Balaban J connectivity index is 1.42. The van der Waals surface area contributed by atoms with Gasteiger partial charge in [-0.1, -0.05) is 65.2 Å². The minimum atomic E-state index is -0.245. The number of aromatic nitrogens is 2. The third kappa shape index (κ3) is 6.77. The first kappa shape index (κ1) is 21.2. The van der Waals surface area contributed by atoms with Crippen molar-refractivity contribution in [1.82, 2.24) is 15.6 Å². The number of phenolic OH excluding ortho intramolecular Hbond substituents is 1. The van der Waals surface area contributed by atoms with Gasteiger partial charge in [-0.05, 0) is 29.3 Å². The molecule has 0 bridgehead atoms. The second-order valence-electron chi connectivity index (χ2n) is 5.62. The van der Waals surface area contributed by atoms with Crippen LogP contribution in [0.2, 0.25) is 0 Å². The van der Waals surface area contributed by atoms with Gasteiger partial charge in [0.1, 0.15) is 0 Å². The molecule has 29 heavy (non-hydrogen) atoms. The second-order valence-corrected chi connectivity index (χ2v) is 9.04. The molecular weight excluding hydrogens is 428 g/mol. The van der Waals surface area contributed by atoms with Crippen LogP contribution in [0, 0.1) is 0 Å². The Kier molecular flexibility index (Phi) is 7.91. The summed E-state index contributed by atoms with van der Waals surface area (Å²) in [4.78, 5) is 11.9. The number of carbonyl (C=O) groups excluding carboxylic acids is 1. The Morgan fingerprint density at radius 2 is 1.97 bits per heavy atom. The van der Waals surface area contributed by atoms with Crippen LogP contribution in [0.4, 0.5) is 0 Å². The maximum Gasteiger partial charge on any atom is 0.250 e. The highest BCUT2D eigenvalue weighted by Gasteiger charge is 2.08. The lowest BCUT2D eigenvalue weighted by atomic mass is 10.2. The van der Waals surface area contributed by atoms with Gasteiger partial charge in [0, 0.05) is 5.75 Å². The van der Waals surface area contributed by atoms with E-state index in [9.17, 15) is 9.90 Å². The summed E-state index contributed by atoms with van der Waals surface area (Å²) in [5, 5.41) is 21.7. The van der Waals surface area contributed by atoms with Gasteiger partial charge in [-0.3, -0.25) is 4.79 Å².